The van der Waals surface area contributed by atoms with Gasteiger partial charge >= 0.3 is 0 Å². The van der Waals surface area contributed by atoms with Crippen LogP contribution in [0.3, 0.4) is 0 Å². The lowest BCUT2D eigenvalue weighted by Gasteiger charge is -2.06. The van der Waals surface area contributed by atoms with E-state index in [0.717, 1.165) is 39.3 Å². The van der Waals surface area contributed by atoms with E-state index in [9.17, 15) is 0 Å². The number of fused-ring (bicyclic) bond motifs is 2. The summed E-state index contributed by atoms with van der Waals surface area (Å²) in [5.74, 6) is 1.72. The predicted octanol–water partition coefficient (Wildman–Crippen LogP) is 4.21. The molecule has 0 aromatic carbocycles. The van der Waals surface area contributed by atoms with E-state index in [0.29, 0.717) is 11.8 Å². The van der Waals surface area contributed by atoms with Crippen molar-refractivity contribution in [1.29, 1.82) is 0 Å². The van der Waals surface area contributed by atoms with Gasteiger partial charge in [-0.1, -0.05) is 56.4 Å². The van der Waals surface area contributed by atoms with E-state index >= 15 is 0 Å². The molecule has 0 amide bonds. The molecule has 6 nitrogen and oxygen atoms in total. The Hall–Kier alpha value is -4.32. The van der Waals surface area contributed by atoms with Crippen LogP contribution in [0, 0.1) is 11.8 Å². The van der Waals surface area contributed by atoms with Gasteiger partial charge < -0.3 is 0 Å². The molecule has 6 heteroatoms. The molecule has 2 aromatic heterocycles. The number of hydrogen-bond acceptors (Lipinski definition) is 5. The van der Waals surface area contributed by atoms with Gasteiger partial charge in [-0.15, -0.1) is 0 Å². The van der Waals surface area contributed by atoms with Crippen LogP contribution in [-0.2, 0) is 0 Å². The maximum absolute atomic E-state index is 4.29. The molecule has 1 aliphatic heterocycles. The molecule has 0 saturated heterocycles. The van der Waals surface area contributed by atoms with Gasteiger partial charge in [-0.05, 0) is 87.0 Å². The van der Waals surface area contributed by atoms with Gasteiger partial charge in [0.25, 0.3) is 0 Å². The summed E-state index contributed by atoms with van der Waals surface area (Å²) in [6.07, 6.45) is 24.8. The first kappa shape index (κ1) is 30.2. The van der Waals surface area contributed by atoms with Crippen molar-refractivity contribution in [2.75, 3.05) is 7.05 Å². The van der Waals surface area contributed by atoms with Gasteiger partial charge in [-0.3, -0.25) is 4.99 Å². The van der Waals surface area contributed by atoms with Gasteiger partial charge in [0.1, 0.15) is 6.33 Å². The number of hydrogen-bond donors (Lipinski definition) is 0. The largest absolute Gasteiger partial charge is 0.270 e. The minimum atomic E-state index is 0.459. The average Bonchev–Trinajstić information content (AvgIpc) is 3.22. The number of aromatic nitrogens is 4. The van der Waals surface area contributed by atoms with Gasteiger partial charge in [0.15, 0.2) is 5.84 Å². The topological polar surface area (TPSA) is 76.3 Å². The van der Waals surface area contributed by atoms with E-state index in [-0.39, 0.29) is 0 Å². The molecule has 206 valence electrons. The van der Waals surface area contributed by atoms with Crippen molar-refractivity contribution in [2.45, 2.75) is 48.0 Å². The van der Waals surface area contributed by atoms with Crippen molar-refractivity contribution in [3.63, 3.8) is 0 Å². The van der Waals surface area contributed by atoms with Crippen LogP contribution in [-0.4, -0.2) is 39.3 Å². The summed E-state index contributed by atoms with van der Waals surface area (Å²) in [5.41, 5.74) is 6.04. The van der Waals surface area contributed by atoms with Crippen LogP contribution in [0.2, 0.25) is 0 Å². The minimum Gasteiger partial charge on any atom is -0.270 e. The smallest absolute Gasteiger partial charge is 0.154 e. The highest BCUT2D eigenvalue weighted by Crippen LogP contribution is 2.15. The lowest BCUT2D eigenvalue weighted by atomic mass is 10.0. The molecular formula is C34H40N6. The highest BCUT2D eigenvalue weighted by Gasteiger charge is 2.07. The van der Waals surface area contributed by atoms with Crippen molar-refractivity contribution >= 4 is 35.3 Å². The number of nitrogens with zero attached hydrogens (tertiary/aromatic N) is 6. The van der Waals surface area contributed by atoms with Gasteiger partial charge in [0, 0.05) is 35.5 Å². The molecule has 3 aliphatic rings. The van der Waals surface area contributed by atoms with Crippen molar-refractivity contribution in [3.8, 4) is 0 Å². The van der Waals surface area contributed by atoms with E-state index in [1.165, 1.54) is 21.9 Å². The molecule has 0 radical (unpaired) electrons. The Balaban J connectivity index is 0.000000166. The summed E-state index contributed by atoms with van der Waals surface area (Å²) in [4.78, 5) is 16.5. The second-order valence-corrected chi connectivity index (χ2v) is 9.94. The van der Waals surface area contributed by atoms with E-state index < -0.39 is 0 Å². The summed E-state index contributed by atoms with van der Waals surface area (Å²) < 4.78 is 0. The Morgan fingerprint density at radius 2 is 1.88 bits per heavy atom. The monoisotopic (exact) mass is 532 g/mol. The molecule has 0 spiro atoms. The summed E-state index contributed by atoms with van der Waals surface area (Å²) in [7, 11) is 1.74. The SMILES string of the molecule is C=C/C(C)=C1/C=CC=NC1=NC.CC1=CC(C)=c2cncnc2=CC1C.CCC1C=CC(C)=c2ccnnc2=C1. The Labute approximate surface area is 237 Å². The van der Waals surface area contributed by atoms with Crippen molar-refractivity contribution < 1.29 is 0 Å². The first-order chi connectivity index (χ1) is 19.3. The van der Waals surface area contributed by atoms with Crippen LogP contribution in [0.5, 0.6) is 0 Å². The second-order valence-electron chi connectivity index (χ2n) is 9.94. The van der Waals surface area contributed by atoms with Crippen LogP contribution >= 0.6 is 0 Å². The number of rotatable bonds is 2. The quantitative estimate of drug-likeness (QED) is 0.581. The minimum absolute atomic E-state index is 0.459. The van der Waals surface area contributed by atoms with Crippen LogP contribution in [0.1, 0.15) is 48.0 Å². The van der Waals surface area contributed by atoms with E-state index in [1.54, 1.807) is 25.8 Å². The zero-order chi connectivity index (χ0) is 29.1. The van der Waals surface area contributed by atoms with E-state index in [2.05, 4.69) is 102 Å². The number of dihydropyridines is 1. The fraction of sp³-hybridized carbons (Fsp3) is 0.294. The molecule has 3 heterocycles. The third kappa shape index (κ3) is 7.85. The summed E-state index contributed by atoms with van der Waals surface area (Å²) in [6, 6.07) is 2.02. The molecule has 0 bridgehead atoms. The maximum atomic E-state index is 4.29. The Morgan fingerprint density at radius 3 is 2.60 bits per heavy atom. The van der Waals surface area contributed by atoms with Crippen LogP contribution in [0.4, 0.5) is 0 Å². The van der Waals surface area contributed by atoms with Crippen LogP contribution in [0.15, 0.2) is 94.5 Å². The molecule has 0 saturated carbocycles. The molecule has 0 N–H and O–H groups in total. The molecule has 2 atom stereocenters. The third-order valence-corrected chi connectivity index (χ3v) is 7.08. The standard InChI is InChI=1S/2C12H14N2.C10H12N2/c1-8-4-10(3)11-6-13-7-14-12(11)5-9(8)2;1-3-10-5-4-9(2)11-6-7-13-14-12(11)8-10;1-4-8(2)9-6-5-7-12-10(9)11-3/h4-7,9H,1-3H3;4-8,10H,3H2,1-2H3;4-7H,1H2,2-3H3/b;;9-8-,11-10?. The fourth-order valence-corrected chi connectivity index (χ4v) is 4.36. The highest BCUT2D eigenvalue weighted by molar-refractivity contribution is 6.09. The summed E-state index contributed by atoms with van der Waals surface area (Å²) >= 11 is 0. The average molecular weight is 533 g/mol. The molecule has 2 unspecified atom stereocenters. The molecule has 2 aromatic rings. The first-order valence-electron chi connectivity index (χ1n) is 13.7. The maximum Gasteiger partial charge on any atom is 0.154 e. The fourth-order valence-electron chi connectivity index (χ4n) is 4.36. The Bertz CT molecular complexity index is 1650. The van der Waals surface area contributed by atoms with E-state index in [1.807, 2.05) is 37.4 Å². The third-order valence-electron chi connectivity index (χ3n) is 7.08. The Kier molecular flexibility index (Phi) is 11.1. The predicted molar refractivity (Wildman–Crippen MR) is 169 cm³/mol. The number of aliphatic imine (C=N–C) groups is 2. The molecule has 0 fully saturated rings. The van der Waals surface area contributed by atoms with Crippen molar-refractivity contribution in [2.24, 2.45) is 21.8 Å². The molecule has 5 rings (SSSR count). The van der Waals surface area contributed by atoms with Gasteiger partial charge in [0.05, 0.1) is 16.9 Å². The lowest BCUT2D eigenvalue weighted by molar-refractivity contribution is 0.806. The molecule has 40 heavy (non-hydrogen) atoms. The van der Waals surface area contributed by atoms with Crippen LogP contribution < -0.4 is 21.1 Å². The zero-order valence-corrected chi connectivity index (χ0v) is 24.8. The molecular weight excluding hydrogens is 492 g/mol. The second kappa shape index (κ2) is 14.7. The van der Waals surface area contributed by atoms with Crippen LogP contribution in [0.25, 0.3) is 23.3 Å². The lowest BCUT2D eigenvalue weighted by Crippen LogP contribution is -2.30. The summed E-state index contributed by atoms with van der Waals surface area (Å²) in [6.45, 7) is 16.5. The van der Waals surface area contributed by atoms with Gasteiger partial charge in [-0.2, -0.15) is 10.2 Å². The van der Waals surface area contributed by atoms with E-state index in [4.69, 9.17) is 0 Å². The van der Waals surface area contributed by atoms with Crippen molar-refractivity contribution in [1.82, 2.24) is 20.2 Å². The number of amidine groups is 1. The number of allylic oxidation sites excluding steroid dienone is 7. The Morgan fingerprint density at radius 1 is 1.07 bits per heavy atom. The normalized spacial score (nSPS) is 21.1. The van der Waals surface area contributed by atoms with Crippen molar-refractivity contribution in [3.05, 3.63) is 106 Å². The zero-order valence-electron chi connectivity index (χ0n) is 24.8. The van der Waals surface area contributed by atoms with Gasteiger partial charge in [0.2, 0.25) is 0 Å². The summed E-state index contributed by atoms with van der Waals surface area (Å²) in [5, 5.41) is 12.5. The van der Waals surface area contributed by atoms with Gasteiger partial charge in [-0.25, -0.2) is 15.0 Å². The molecule has 2 aliphatic carbocycles. The highest BCUT2D eigenvalue weighted by atomic mass is 15.1. The first-order valence-corrected chi connectivity index (χ1v) is 13.7.